The third-order valence-corrected chi connectivity index (χ3v) is 5.89. The van der Waals surface area contributed by atoms with E-state index >= 15 is 0 Å². The van der Waals surface area contributed by atoms with Crippen molar-refractivity contribution in [3.63, 3.8) is 0 Å². The fourth-order valence-corrected chi connectivity index (χ4v) is 4.01. The van der Waals surface area contributed by atoms with E-state index in [1.807, 2.05) is 0 Å². The molecule has 27 heavy (non-hydrogen) atoms. The standard InChI is InChI=1S/C19H27N3O4S/c1-25-16-4-6-17(7-5-16)26-18-8-10-19(11-9-18)27(23,24)22(14-2-12-20)15-3-13-21/h4-11H,2-3,12-15,20-21H2,1H3. The van der Waals surface area contributed by atoms with Crippen LogP contribution in [-0.4, -0.2) is 46.0 Å². The summed E-state index contributed by atoms with van der Waals surface area (Å²) in [5.41, 5.74) is 11.1. The molecule has 8 heteroatoms. The van der Waals surface area contributed by atoms with Crippen LogP contribution in [0.4, 0.5) is 0 Å². The van der Waals surface area contributed by atoms with E-state index in [1.165, 1.54) is 4.31 Å². The number of methoxy groups -OCH3 is 1. The molecule has 0 aromatic heterocycles. The van der Waals surface area contributed by atoms with E-state index in [-0.39, 0.29) is 4.90 Å². The Hall–Kier alpha value is -2.13. The van der Waals surface area contributed by atoms with Gasteiger partial charge in [-0.1, -0.05) is 0 Å². The van der Waals surface area contributed by atoms with Gasteiger partial charge in [0.15, 0.2) is 0 Å². The molecular weight excluding hydrogens is 366 g/mol. The summed E-state index contributed by atoms with van der Waals surface area (Å²) in [5.74, 6) is 1.92. The number of ether oxygens (including phenoxy) is 2. The third kappa shape index (κ3) is 5.93. The van der Waals surface area contributed by atoms with Crippen LogP contribution in [0.3, 0.4) is 0 Å². The molecule has 0 amide bonds. The molecule has 0 aliphatic rings. The highest BCUT2D eigenvalue weighted by molar-refractivity contribution is 7.89. The molecule has 0 saturated heterocycles. The number of benzene rings is 2. The van der Waals surface area contributed by atoms with E-state index in [4.69, 9.17) is 20.9 Å². The Morgan fingerprint density at radius 2 is 1.26 bits per heavy atom. The lowest BCUT2D eigenvalue weighted by atomic mass is 10.3. The topological polar surface area (TPSA) is 108 Å². The average Bonchev–Trinajstić information content (AvgIpc) is 2.69. The first-order chi connectivity index (χ1) is 13.0. The molecule has 0 atom stereocenters. The molecule has 2 aromatic carbocycles. The van der Waals surface area contributed by atoms with Crippen LogP contribution in [0.15, 0.2) is 53.4 Å². The maximum Gasteiger partial charge on any atom is 0.243 e. The summed E-state index contributed by atoms with van der Waals surface area (Å²) < 4.78 is 38.0. The minimum atomic E-state index is -3.59. The second-order valence-corrected chi connectivity index (χ2v) is 7.88. The predicted molar refractivity (Wildman–Crippen MR) is 106 cm³/mol. The third-order valence-electron chi connectivity index (χ3n) is 3.98. The number of nitrogens with zero attached hydrogens (tertiary/aromatic N) is 1. The number of hydrogen-bond acceptors (Lipinski definition) is 6. The molecule has 0 aliphatic carbocycles. The Morgan fingerprint density at radius 1 is 0.815 bits per heavy atom. The first-order valence-corrected chi connectivity index (χ1v) is 10.3. The van der Waals surface area contributed by atoms with Gasteiger partial charge < -0.3 is 20.9 Å². The first kappa shape index (κ1) is 21.2. The van der Waals surface area contributed by atoms with Gasteiger partial charge in [0.1, 0.15) is 17.2 Å². The highest BCUT2D eigenvalue weighted by atomic mass is 32.2. The smallest absolute Gasteiger partial charge is 0.243 e. The Kier molecular flexibility index (Phi) is 8.05. The molecular formula is C19H27N3O4S. The van der Waals surface area contributed by atoms with Crippen molar-refractivity contribution >= 4 is 10.0 Å². The van der Waals surface area contributed by atoms with Crippen LogP contribution in [0.2, 0.25) is 0 Å². The quantitative estimate of drug-likeness (QED) is 0.606. The van der Waals surface area contributed by atoms with Crippen molar-refractivity contribution < 1.29 is 17.9 Å². The van der Waals surface area contributed by atoms with Gasteiger partial charge in [0, 0.05) is 13.1 Å². The Balaban J connectivity index is 2.12. The molecule has 0 fully saturated rings. The van der Waals surface area contributed by atoms with Crippen molar-refractivity contribution in [3.05, 3.63) is 48.5 Å². The van der Waals surface area contributed by atoms with E-state index in [0.29, 0.717) is 50.5 Å². The summed E-state index contributed by atoms with van der Waals surface area (Å²) in [7, 11) is -2.00. The monoisotopic (exact) mass is 393 g/mol. The largest absolute Gasteiger partial charge is 0.497 e. The van der Waals surface area contributed by atoms with Gasteiger partial charge in [-0.05, 0) is 74.5 Å². The highest BCUT2D eigenvalue weighted by Gasteiger charge is 2.23. The zero-order valence-corrected chi connectivity index (χ0v) is 16.3. The van der Waals surface area contributed by atoms with Crippen molar-refractivity contribution in [2.45, 2.75) is 17.7 Å². The normalized spacial score (nSPS) is 11.6. The van der Waals surface area contributed by atoms with Gasteiger partial charge in [-0.15, -0.1) is 0 Å². The SMILES string of the molecule is COc1ccc(Oc2ccc(S(=O)(=O)N(CCCN)CCCN)cc2)cc1. The zero-order chi connectivity index (χ0) is 19.7. The summed E-state index contributed by atoms with van der Waals surface area (Å²) in [5, 5.41) is 0. The maximum atomic E-state index is 12.9. The average molecular weight is 394 g/mol. The zero-order valence-electron chi connectivity index (χ0n) is 15.5. The van der Waals surface area contributed by atoms with Gasteiger partial charge in [0.05, 0.1) is 12.0 Å². The van der Waals surface area contributed by atoms with Gasteiger partial charge in [-0.25, -0.2) is 8.42 Å². The Bertz CT molecular complexity index is 785. The molecule has 0 spiro atoms. The van der Waals surface area contributed by atoms with Crippen LogP contribution in [0.1, 0.15) is 12.8 Å². The number of nitrogens with two attached hydrogens (primary N) is 2. The molecule has 0 heterocycles. The van der Waals surface area contributed by atoms with Crippen molar-refractivity contribution in [3.8, 4) is 17.2 Å². The van der Waals surface area contributed by atoms with Crippen LogP contribution in [-0.2, 0) is 10.0 Å². The summed E-state index contributed by atoms with van der Waals surface area (Å²) in [6.45, 7) is 1.62. The highest BCUT2D eigenvalue weighted by Crippen LogP contribution is 2.26. The predicted octanol–water partition coefficient (Wildman–Crippen LogP) is 2.18. The van der Waals surface area contributed by atoms with Crippen LogP contribution >= 0.6 is 0 Å². The van der Waals surface area contributed by atoms with E-state index in [1.54, 1.807) is 55.6 Å². The molecule has 0 radical (unpaired) electrons. The fourth-order valence-electron chi connectivity index (χ4n) is 2.50. The van der Waals surface area contributed by atoms with E-state index in [9.17, 15) is 8.42 Å². The second-order valence-electron chi connectivity index (χ2n) is 5.94. The van der Waals surface area contributed by atoms with Crippen molar-refractivity contribution in [1.82, 2.24) is 4.31 Å². The van der Waals surface area contributed by atoms with Gasteiger partial charge in [-0.2, -0.15) is 4.31 Å². The van der Waals surface area contributed by atoms with Crippen LogP contribution < -0.4 is 20.9 Å². The van der Waals surface area contributed by atoms with Gasteiger partial charge in [0.2, 0.25) is 10.0 Å². The molecule has 0 unspecified atom stereocenters. The van der Waals surface area contributed by atoms with Crippen molar-refractivity contribution in [2.75, 3.05) is 33.3 Å². The lowest BCUT2D eigenvalue weighted by molar-refractivity contribution is 0.402. The summed E-state index contributed by atoms with van der Waals surface area (Å²) >= 11 is 0. The first-order valence-electron chi connectivity index (χ1n) is 8.83. The van der Waals surface area contributed by atoms with Crippen LogP contribution in [0.25, 0.3) is 0 Å². The van der Waals surface area contributed by atoms with Crippen LogP contribution in [0.5, 0.6) is 17.2 Å². The molecule has 148 valence electrons. The molecule has 2 aromatic rings. The molecule has 2 rings (SSSR count). The molecule has 0 aliphatic heterocycles. The number of hydrogen-bond donors (Lipinski definition) is 2. The van der Waals surface area contributed by atoms with Gasteiger partial charge in [0.25, 0.3) is 0 Å². The molecule has 0 saturated carbocycles. The van der Waals surface area contributed by atoms with Gasteiger partial charge in [-0.3, -0.25) is 0 Å². The second kappa shape index (κ2) is 10.3. The van der Waals surface area contributed by atoms with Gasteiger partial charge >= 0.3 is 0 Å². The summed E-state index contributed by atoms with van der Waals surface area (Å²) in [4.78, 5) is 0.221. The molecule has 7 nitrogen and oxygen atoms in total. The Morgan fingerprint density at radius 3 is 1.70 bits per heavy atom. The Labute approximate surface area is 160 Å². The number of rotatable bonds is 11. The lowest BCUT2D eigenvalue weighted by Crippen LogP contribution is -2.34. The van der Waals surface area contributed by atoms with Crippen LogP contribution in [0, 0.1) is 0 Å². The molecule has 4 N–H and O–H groups in total. The fraction of sp³-hybridized carbons (Fsp3) is 0.368. The minimum Gasteiger partial charge on any atom is -0.497 e. The lowest BCUT2D eigenvalue weighted by Gasteiger charge is -2.22. The van der Waals surface area contributed by atoms with Crippen molar-refractivity contribution in [1.29, 1.82) is 0 Å². The maximum absolute atomic E-state index is 12.9. The van der Waals surface area contributed by atoms with E-state index in [0.717, 1.165) is 5.75 Å². The number of sulfonamides is 1. The molecule has 0 bridgehead atoms. The minimum absolute atomic E-state index is 0.221. The van der Waals surface area contributed by atoms with Crippen molar-refractivity contribution in [2.24, 2.45) is 11.5 Å². The van der Waals surface area contributed by atoms with E-state index < -0.39 is 10.0 Å². The summed E-state index contributed by atoms with van der Waals surface area (Å²) in [6.07, 6.45) is 1.20. The van der Waals surface area contributed by atoms with E-state index in [2.05, 4.69) is 0 Å². The summed E-state index contributed by atoms with van der Waals surface area (Å²) in [6, 6.07) is 13.5.